The van der Waals surface area contributed by atoms with E-state index in [0.717, 1.165) is 9.80 Å². The number of aliphatic hydroxyl groups excluding tert-OH is 2. The number of nitrogens with two attached hydrogens (primary N) is 1. The second-order valence-corrected chi connectivity index (χ2v) is 18.5. The molecule has 4 rings (SSSR count). The van der Waals surface area contributed by atoms with Gasteiger partial charge in [0, 0.05) is 26.3 Å². The van der Waals surface area contributed by atoms with Crippen molar-refractivity contribution in [2.45, 2.75) is 166 Å². The van der Waals surface area contributed by atoms with Crippen LogP contribution in [-0.4, -0.2) is 160 Å². The monoisotopic (exact) mass is 971 g/mol. The Morgan fingerprint density at radius 3 is 2.14 bits per heavy atom. The highest BCUT2D eigenvalue weighted by atomic mass is 16.5. The number of nitrogens with zero attached hydrogens (tertiary/aromatic N) is 2. The summed E-state index contributed by atoms with van der Waals surface area (Å²) in [5.74, 6) is -9.14. The van der Waals surface area contributed by atoms with Crippen LogP contribution in [-0.2, 0) is 59.1 Å². The number of piperidine rings is 1. The molecule has 1 aromatic carbocycles. The number of likely N-dealkylation sites (N-methyl/N-ethyl adjacent to an activating group) is 1. The Morgan fingerprint density at radius 2 is 1.58 bits per heavy atom. The number of hydrogen-bond acceptors (Lipinski definition) is 14. The molecule has 0 saturated carbocycles. The lowest BCUT2D eigenvalue weighted by Crippen LogP contribution is -2.67. The lowest BCUT2D eigenvalue weighted by atomic mass is 9.95. The molecule has 0 radical (unpaired) electrons. The third-order valence-corrected chi connectivity index (χ3v) is 12.7. The van der Waals surface area contributed by atoms with E-state index in [1.807, 2.05) is 0 Å². The number of fused-ring (bicyclic) bond motifs is 2. The molecule has 9 amide bonds. The molecule has 0 aromatic heterocycles. The van der Waals surface area contributed by atoms with Gasteiger partial charge in [0.05, 0.1) is 13.2 Å². The Bertz CT molecular complexity index is 2070. The third-order valence-electron chi connectivity index (χ3n) is 12.7. The highest BCUT2D eigenvalue weighted by Gasteiger charge is 2.47. The van der Waals surface area contributed by atoms with Gasteiger partial charge in [-0.05, 0) is 75.5 Å². The number of esters is 1. The fraction of sp³-hybridized carbons (Fsp3) is 0.652. The molecule has 2 bridgehead atoms. The van der Waals surface area contributed by atoms with Crippen molar-refractivity contribution in [1.82, 2.24) is 41.7 Å². The minimum atomic E-state index is -1.82. The van der Waals surface area contributed by atoms with Crippen LogP contribution in [0.25, 0.3) is 0 Å². The molecular formula is C46H69N9O14. The van der Waals surface area contributed by atoms with Gasteiger partial charge in [0.25, 0.3) is 0 Å². The second-order valence-electron chi connectivity index (χ2n) is 18.5. The maximum Gasteiger partial charge on any atom is 0.329 e. The first-order valence-electron chi connectivity index (χ1n) is 23.4. The first kappa shape index (κ1) is 55.2. The minimum absolute atomic E-state index is 0.0264. The number of methoxy groups -OCH3 is 1. The zero-order valence-corrected chi connectivity index (χ0v) is 40.4. The van der Waals surface area contributed by atoms with Crippen LogP contribution in [0.2, 0.25) is 0 Å². The second kappa shape index (κ2) is 24.8. The van der Waals surface area contributed by atoms with Crippen molar-refractivity contribution in [2.24, 2.45) is 17.6 Å². The van der Waals surface area contributed by atoms with E-state index in [0.29, 0.717) is 17.7 Å². The number of aliphatic hydroxyl groups is 2. The maximum atomic E-state index is 14.6. The number of cyclic esters (lactones) is 1. The molecule has 0 spiro atoms. The highest BCUT2D eigenvalue weighted by Crippen LogP contribution is 2.25. The van der Waals surface area contributed by atoms with Gasteiger partial charge < -0.3 is 67.1 Å². The van der Waals surface area contributed by atoms with Crippen molar-refractivity contribution in [2.75, 3.05) is 14.2 Å². The van der Waals surface area contributed by atoms with Crippen LogP contribution in [0.1, 0.15) is 98.5 Å². The average Bonchev–Trinajstić information content (AvgIpc) is 3.74. The third kappa shape index (κ3) is 14.6. The standard InChI is InChI=1S/C46H69N9O14/c1-9-23(4)36-46(67)69-25(6)37(53-40(61)29(14-17-33(47)57)49-39(60)28-15-18-34(58)48-28)43(64)51-31(20-22(2)3)41(62)50-30-16-19-35(59)55(44(30)65)38(24(5)56)45(66)54(7)32(42(63)52-36)21-26-10-12-27(68-8)13-11-26/h10-13,22-25,28-32,35-38,56,59H,9,14-21H2,1-8H3,(H2,47,57)(H,48,58)(H,49,60)(H,50,62)(H,51,64)(H,52,63)(H,53,61)/t23-,24+,25+,28-,29-,30-,31-,32-,35+,36-,37-,38-/m0/s1. The number of amides is 9. The van der Waals surface area contributed by atoms with E-state index in [4.69, 9.17) is 15.2 Å². The van der Waals surface area contributed by atoms with Gasteiger partial charge in [-0.2, -0.15) is 0 Å². The zero-order chi connectivity index (χ0) is 51.4. The Kier molecular flexibility index (Phi) is 19.8. The SMILES string of the molecule is CC[C@H](C)[C@@H]1NC(=O)[C@H](Cc2ccc(OC)cc2)N(C)C(=O)[C@H]([C@@H](C)O)N2C(=O)[C@H](CC[C@H]2O)NC(=O)[C@H](CC(C)C)NC(=O)[C@@H](NC(=O)[C@H](CCC(N)=O)NC(=O)[C@@H]2CCC(=O)N2)[C@@H](C)OC1=O. The molecule has 3 saturated heterocycles. The maximum absolute atomic E-state index is 14.6. The summed E-state index contributed by atoms with van der Waals surface area (Å²) in [4.78, 5) is 140. The van der Waals surface area contributed by atoms with E-state index < -0.39 is 132 Å². The molecule has 382 valence electrons. The molecule has 3 heterocycles. The summed E-state index contributed by atoms with van der Waals surface area (Å²) < 4.78 is 11.2. The molecule has 0 aliphatic carbocycles. The molecule has 23 heteroatoms. The summed E-state index contributed by atoms with van der Waals surface area (Å²) in [7, 11) is 2.74. The van der Waals surface area contributed by atoms with E-state index in [1.54, 1.807) is 52.0 Å². The van der Waals surface area contributed by atoms with Crippen molar-refractivity contribution < 1.29 is 67.6 Å². The summed E-state index contributed by atoms with van der Waals surface area (Å²) in [6.45, 7) is 9.39. The summed E-state index contributed by atoms with van der Waals surface area (Å²) in [6.07, 6.45) is -5.53. The summed E-state index contributed by atoms with van der Waals surface area (Å²) in [5.41, 5.74) is 5.93. The van der Waals surface area contributed by atoms with Gasteiger partial charge in [-0.3, -0.25) is 43.2 Å². The number of primary amides is 1. The largest absolute Gasteiger partial charge is 0.497 e. The van der Waals surface area contributed by atoms with Crippen molar-refractivity contribution in [1.29, 1.82) is 0 Å². The first-order valence-corrected chi connectivity index (χ1v) is 23.4. The fourth-order valence-electron chi connectivity index (χ4n) is 8.44. The number of carbonyl (C=O) groups excluding carboxylic acids is 10. The van der Waals surface area contributed by atoms with Crippen LogP contribution in [0.4, 0.5) is 0 Å². The van der Waals surface area contributed by atoms with Crippen LogP contribution < -0.4 is 42.4 Å². The van der Waals surface area contributed by atoms with Crippen molar-refractivity contribution >= 4 is 59.1 Å². The van der Waals surface area contributed by atoms with Crippen molar-refractivity contribution in [3.8, 4) is 5.75 Å². The number of ether oxygens (including phenoxy) is 2. The number of carbonyl (C=O) groups is 10. The number of nitrogens with one attached hydrogen (secondary N) is 6. The molecule has 1 aromatic rings. The molecule has 3 aliphatic rings. The van der Waals surface area contributed by atoms with E-state index >= 15 is 0 Å². The Balaban J connectivity index is 1.85. The van der Waals surface area contributed by atoms with Crippen LogP contribution in [0, 0.1) is 11.8 Å². The number of hydrogen-bond donors (Lipinski definition) is 9. The lowest BCUT2D eigenvalue weighted by Gasteiger charge is -2.43. The van der Waals surface area contributed by atoms with Gasteiger partial charge in [0.2, 0.25) is 53.2 Å². The average molecular weight is 972 g/mol. The normalized spacial score (nSPS) is 27.8. The van der Waals surface area contributed by atoms with Crippen LogP contribution in [0.3, 0.4) is 0 Å². The molecule has 3 aliphatic heterocycles. The topological polar surface area (TPSA) is 334 Å². The van der Waals surface area contributed by atoms with Crippen LogP contribution >= 0.6 is 0 Å². The molecule has 10 N–H and O–H groups in total. The Labute approximate surface area is 401 Å². The predicted octanol–water partition coefficient (Wildman–Crippen LogP) is -2.24. The molecular weight excluding hydrogens is 903 g/mol. The lowest BCUT2D eigenvalue weighted by molar-refractivity contribution is -0.170. The first-order chi connectivity index (χ1) is 32.5. The number of benzene rings is 1. The van der Waals surface area contributed by atoms with E-state index in [1.165, 1.54) is 28.0 Å². The summed E-state index contributed by atoms with van der Waals surface area (Å²) in [5, 5.41) is 37.9. The fourth-order valence-corrected chi connectivity index (χ4v) is 8.44. The predicted molar refractivity (Wildman–Crippen MR) is 245 cm³/mol. The van der Waals surface area contributed by atoms with E-state index in [-0.39, 0.29) is 56.8 Å². The van der Waals surface area contributed by atoms with Gasteiger partial charge in [0.15, 0.2) is 0 Å². The van der Waals surface area contributed by atoms with Crippen molar-refractivity contribution in [3.05, 3.63) is 29.8 Å². The Morgan fingerprint density at radius 1 is 0.913 bits per heavy atom. The number of rotatable bonds is 15. The summed E-state index contributed by atoms with van der Waals surface area (Å²) >= 11 is 0. The van der Waals surface area contributed by atoms with Gasteiger partial charge in [0.1, 0.15) is 66.4 Å². The molecule has 12 atom stereocenters. The van der Waals surface area contributed by atoms with Gasteiger partial charge in [-0.25, -0.2) is 4.79 Å². The molecule has 0 unspecified atom stereocenters. The highest BCUT2D eigenvalue weighted by molar-refractivity contribution is 5.99. The van der Waals surface area contributed by atoms with Gasteiger partial charge >= 0.3 is 5.97 Å². The zero-order valence-electron chi connectivity index (χ0n) is 40.4. The van der Waals surface area contributed by atoms with Crippen LogP contribution in [0.5, 0.6) is 5.75 Å². The smallest absolute Gasteiger partial charge is 0.329 e. The minimum Gasteiger partial charge on any atom is -0.497 e. The van der Waals surface area contributed by atoms with Crippen molar-refractivity contribution in [3.63, 3.8) is 0 Å². The van der Waals surface area contributed by atoms with E-state index in [2.05, 4.69) is 31.9 Å². The molecule has 69 heavy (non-hydrogen) atoms. The summed E-state index contributed by atoms with van der Waals surface area (Å²) in [6, 6.07) is -5.19. The molecule has 3 fully saturated rings. The Hall–Kier alpha value is -6.36. The molecule has 23 nitrogen and oxygen atoms in total. The van der Waals surface area contributed by atoms with Crippen LogP contribution in [0.15, 0.2) is 24.3 Å². The van der Waals surface area contributed by atoms with Gasteiger partial charge in [-0.15, -0.1) is 0 Å². The van der Waals surface area contributed by atoms with E-state index in [9.17, 15) is 58.2 Å². The quantitative estimate of drug-likeness (QED) is 0.0840. The van der Waals surface area contributed by atoms with Gasteiger partial charge in [-0.1, -0.05) is 46.2 Å².